The second-order valence-electron chi connectivity index (χ2n) is 4.57. The van der Waals surface area contributed by atoms with Gasteiger partial charge in [-0.15, -0.1) is 0 Å². The van der Waals surface area contributed by atoms with E-state index in [0.717, 1.165) is 0 Å². The number of anilines is 1. The molecule has 0 fully saturated rings. The number of aromatic carboxylic acids is 1. The first-order valence-electron chi connectivity index (χ1n) is 6.32. The summed E-state index contributed by atoms with van der Waals surface area (Å²) in [5, 5.41) is 8.83. The highest BCUT2D eigenvalue weighted by Crippen LogP contribution is 2.16. The molecule has 0 aliphatic rings. The van der Waals surface area contributed by atoms with Crippen molar-refractivity contribution in [3.8, 4) is 0 Å². The fourth-order valence-electron chi connectivity index (χ4n) is 1.89. The van der Waals surface area contributed by atoms with Crippen molar-refractivity contribution < 1.29 is 19.1 Å². The maximum Gasteiger partial charge on any atom is 0.335 e. The summed E-state index contributed by atoms with van der Waals surface area (Å²) < 4.78 is 13.5. The molecule has 0 radical (unpaired) electrons. The van der Waals surface area contributed by atoms with E-state index in [1.807, 2.05) is 0 Å². The van der Waals surface area contributed by atoms with Crippen molar-refractivity contribution in [2.45, 2.75) is 6.42 Å². The largest absolute Gasteiger partial charge is 0.478 e. The van der Waals surface area contributed by atoms with Crippen LogP contribution in [0.3, 0.4) is 0 Å². The van der Waals surface area contributed by atoms with E-state index in [0.29, 0.717) is 11.3 Å². The Bertz CT molecular complexity index is 667. The first-order valence-corrected chi connectivity index (χ1v) is 6.32. The summed E-state index contributed by atoms with van der Waals surface area (Å²) in [6.07, 6.45) is -0.0517. The number of hydrogen-bond donors (Lipinski definition) is 1. The minimum absolute atomic E-state index is 0.0517. The van der Waals surface area contributed by atoms with Gasteiger partial charge >= 0.3 is 5.97 Å². The lowest BCUT2D eigenvalue weighted by Gasteiger charge is -2.17. The number of benzene rings is 2. The van der Waals surface area contributed by atoms with Crippen LogP contribution in [-0.4, -0.2) is 24.0 Å². The predicted octanol–water partition coefficient (Wildman–Crippen LogP) is 2.73. The second-order valence-corrected chi connectivity index (χ2v) is 4.57. The summed E-state index contributed by atoms with van der Waals surface area (Å²) >= 11 is 0. The number of amides is 1. The molecular weight excluding hydrogens is 273 g/mol. The Hall–Kier alpha value is -2.69. The molecule has 108 valence electrons. The molecule has 0 heterocycles. The standard InChI is InChI=1S/C16H14FNO3/c1-18(13-8-6-11(7-9-13)16(20)21)15(19)10-12-4-2-3-5-14(12)17/h2-9H,10H2,1H3,(H,20,21). The number of nitrogens with zero attached hydrogens (tertiary/aromatic N) is 1. The van der Waals surface area contributed by atoms with Crippen LogP contribution in [0.4, 0.5) is 10.1 Å². The van der Waals surface area contributed by atoms with Gasteiger partial charge in [0.05, 0.1) is 12.0 Å². The van der Waals surface area contributed by atoms with Gasteiger partial charge in [-0.1, -0.05) is 18.2 Å². The highest BCUT2D eigenvalue weighted by atomic mass is 19.1. The monoisotopic (exact) mass is 287 g/mol. The number of carbonyl (C=O) groups excluding carboxylic acids is 1. The molecule has 1 N–H and O–H groups in total. The molecule has 21 heavy (non-hydrogen) atoms. The van der Waals surface area contributed by atoms with Crippen LogP contribution in [0.2, 0.25) is 0 Å². The number of likely N-dealkylation sites (N-methyl/N-ethyl adjacent to an activating group) is 1. The van der Waals surface area contributed by atoms with Gasteiger partial charge in [-0.25, -0.2) is 9.18 Å². The first kappa shape index (κ1) is 14.7. The first-order chi connectivity index (χ1) is 9.99. The Morgan fingerprint density at radius 2 is 1.71 bits per heavy atom. The molecule has 1 amide bonds. The zero-order chi connectivity index (χ0) is 15.4. The number of carboxylic acid groups (broad SMARTS) is 1. The van der Waals surface area contributed by atoms with Gasteiger partial charge < -0.3 is 10.0 Å². The molecule has 0 saturated heterocycles. The quantitative estimate of drug-likeness (QED) is 0.940. The van der Waals surface area contributed by atoms with E-state index in [1.165, 1.54) is 23.1 Å². The highest BCUT2D eigenvalue weighted by Gasteiger charge is 2.14. The molecule has 0 spiro atoms. The van der Waals surface area contributed by atoms with Crippen molar-refractivity contribution in [2.75, 3.05) is 11.9 Å². The summed E-state index contributed by atoms with van der Waals surface area (Å²) in [6, 6.07) is 12.0. The van der Waals surface area contributed by atoms with Crippen molar-refractivity contribution in [2.24, 2.45) is 0 Å². The summed E-state index contributed by atoms with van der Waals surface area (Å²) in [7, 11) is 1.57. The third kappa shape index (κ3) is 3.45. The van der Waals surface area contributed by atoms with Gasteiger partial charge in [0, 0.05) is 12.7 Å². The molecule has 0 aliphatic heterocycles. The smallest absolute Gasteiger partial charge is 0.335 e. The number of carbonyl (C=O) groups is 2. The lowest BCUT2D eigenvalue weighted by atomic mass is 10.1. The van der Waals surface area contributed by atoms with Gasteiger partial charge in [-0.3, -0.25) is 4.79 Å². The Balaban J connectivity index is 2.12. The molecule has 2 rings (SSSR count). The van der Waals surface area contributed by atoms with Crippen LogP contribution in [0.1, 0.15) is 15.9 Å². The van der Waals surface area contributed by atoms with E-state index < -0.39 is 11.8 Å². The molecule has 0 bridgehead atoms. The van der Waals surface area contributed by atoms with E-state index in [1.54, 1.807) is 37.4 Å². The molecule has 2 aromatic carbocycles. The average molecular weight is 287 g/mol. The van der Waals surface area contributed by atoms with Crippen LogP contribution < -0.4 is 4.90 Å². The van der Waals surface area contributed by atoms with Crippen LogP contribution in [0.25, 0.3) is 0 Å². The number of carboxylic acids is 1. The van der Waals surface area contributed by atoms with Gasteiger partial charge in [0.25, 0.3) is 0 Å². The number of halogens is 1. The molecule has 0 aliphatic carbocycles. The molecule has 4 nitrogen and oxygen atoms in total. The van der Waals surface area contributed by atoms with E-state index >= 15 is 0 Å². The zero-order valence-corrected chi connectivity index (χ0v) is 11.4. The van der Waals surface area contributed by atoms with Gasteiger partial charge in [-0.2, -0.15) is 0 Å². The molecular formula is C16H14FNO3. The lowest BCUT2D eigenvalue weighted by Crippen LogP contribution is -2.28. The topological polar surface area (TPSA) is 57.6 Å². The summed E-state index contributed by atoms with van der Waals surface area (Å²) in [4.78, 5) is 24.3. The predicted molar refractivity (Wildman–Crippen MR) is 76.9 cm³/mol. The van der Waals surface area contributed by atoms with Crippen LogP contribution in [0.5, 0.6) is 0 Å². The molecule has 2 aromatic rings. The van der Waals surface area contributed by atoms with Crippen LogP contribution in [0, 0.1) is 5.82 Å². The molecule has 5 heteroatoms. The van der Waals surface area contributed by atoms with Gasteiger partial charge in [0.1, 0.15) is 5.82 Å². The SMILES string of the molecule is CN(C(=O)Cc1ccccc1F)c1ccc(C(=O)O)cc1. The Morgan fingerprint density at radius 3 is 2.29 bits per heavy atom. The summed E-state index contributed by atoms with van der Waals surface area (Å²) in [5.41, 5.74) is 1.03. The fourth-order valence-corrected chi connectivity index (χ4v) is 1.89. The Labute approximate surface area is 121 Å². The maximum atomic E-state index is 13.5. The second kappa shape index (κ2) is 6.17. The van der Waals surface area contributed by atoms with Crippen LogP contribution in [-0.2, 0) is 11.2 Å². The minimum Gasteiger partial charge on any atom is -0.478 e. The third-order valence-electron chi connectivity index (χ3n) is 3.18. The Kier molecular flexibility index (Phi) is 4.33. The van der Waals surface area contributed by atoms with Crippen molar-refractivity contribution in [3.63, 3.8) is 0 Å². The van der Waals surface area contributed by atoms with E-state index in [9.17, 15) is 14.0 Å². The zero-order valence-electron chi connectivity index (χ0n) is 11.4. The summed E-state index contributed by atoms with van der Waals surface area (Å²) in [6.45, 7) is 0. The van der Waals surface area contributed by atoms with Gasteiger partial charge in [-0.05, 0) is 35.9 Å². The van der Waals surface area contributed by atoms with E-state index in [2.05, 4.69) is 0 Å². The van der Waals surface area contributed by atoms with Crippen LogP contribution >= 0.6 is 0 Å². The molecule has 0 aromatic heterocycles. The van der Waals surface area contributed by atoms with Crippen molar-refractivity contribution in [1.29, 1.82) is 0 Å². The molecule has 0 unspecified atom stereocenters. The van der Waals surface area contributed by atoms with Crippen molar-refractivity contribution >= 4 is 17.6 Å². The van der Waals surface area contributed by atoms with Gasteiger partial charge in [0.15, 0.2) is 0 Å². The normalized spacial score (nSPS) is 10.2. The van der Waals surface area contributed by atoms with E-state index in [4.69, 9.17) is 5.11 Å². The van der Waals surface area contributed by atoms with Crippen molar-refractivity contribution in [3.05, 3.63) is 65.5 Å². The van der Waals surface area contributed by atoms with Crippen LogP contribution in [0.15, 0.2) is 48.5 Å². The number of rotatable bonds is 4. The minimum atomic E-state index is -1.03. The average Bonchev–Trinajstić information content (AvgIpc) is 2.49. The van der Waals surface area contributed by atoms with Crippen molar-refractivity contribution in [1.82, 2.24) is 0 Å². The molecule has 0 saturated carbocycles. The fraction of sp³-hybridized carbons (Fsp3) is 0.125. The maximum absolute atomic E-state index is 13.5. The summed E-state index contributed by atoms with van der Waals surface area (Å²) in [5.74, 6) is -1.72. The lowest BCUT2D eigenvalue weighted by molar-refractivity contribution is -0.117. The third-order valence-corrected chi connectivity index (χ3v) is 3.18. The Morgan fingerprint density at radius 1 is 1.10 bits per heavy atom. The molecule has 0 atom stereocenters. The van der Waals surface area contributed by atoms with Gasteiger partial charge in [0.2, 0.25) is 5.91 Å². The number of hydrogen-bond acceptors (Lipinski definition) is 2. The van der Waals surface area contributed by atoms with E-state index in [-0.39, 0.29) is 17.9 Å². The highest BCUT2D eigenvalue weighted by molar-refractivity contribution is 5.95.